The highest BCUT2D eigenvalue weighted by Gasteiger charge is 2.29. The van der Waals surface area contributed by atoms with Crippen LogP contribution >= 0.6 is 0 Å². The van der Waals surface area contributed by atoms with Gasteiger partial charge in [0, 0.05) is 25.0 Å². The Morgan fingerprint density at radius 3 is 2.40 bits per heavy atom. The smallest absolute Gasteiger partial charge is 0.348 e. The minimum Gasteiger partial charge on any atom is -0.348 e. The van der Waals surface area contributed by atoms with Crippen molar-refractivity contribution in [2.24, 2.45) is 0 Å². The van der Waals surface area contributed by atoms with Crippen LogP contribution in [0.4, 0.5) is 4.79 Å². The molecule has 1 unspecified atom stereocenters. The fraction of sp³-hybridized carbons (Fsp3) is 0.333. The predicted octanol–water partition coefficient (Wildman–Crippen LogP) is 4.02. The Hall–Kier alpha value is -3.12. The van der Waals surface area contributed by atoms with Gasteiger partial charge in [0.1, 0.15) is 6.61 Å². The Kier molecular flexibility index (Phi) is 6.14. The van der Waals surface area contributed by atoms with Crippen LogP contribution in [-0.2, 0) is 14.6 Å². The fourth-order valence-electron chi connectivity index (χ4n) is 4.33. The van der Waals surface area contributed by atoms with Crippen molar-refractivity contribution in [2.75, 3.05) is 19.7 Å². The lowest BCUT2D eigenvalue weighted by Gasteiger charge is -2.23. The van der Waals surface area contributed by atoms with Crippen molar-refractivity contribution in [3.05, 3.63) is 72.3 Å². The molecule has 6 nitrogen and oxygen atoms in total. The Labute approximate surface area is 176 Å². The second kappa shape index (κ2) is 9.13. The fourth-order valence-corrected chi connectivity index (χ4v) is 4.33. The molecule has 2 aromatic carbocycles. The van der Waals surface area contributed by atoms with Crippen LogP contribution in [-0.4, -0.2) is 42.6 Å². The van der Waals surface area contributed by atoms with Crippen LogP contribution in [0.2, 0.25) is 0 Å². The number of hydrogen-bond acceptors (Lipinski definition) is 4. The second-order valence-corrected chi connectivity index (χ2v) is 7.71. The molecule has 0 bridgehead atoms. The van der Waals surface area contributed by atoms with E-state index in [1.165, 1.54) is 28.3 Å². The van der Waals surface area contributed by atoms with Crippen molar-refractivity contribution in [2.45, 2.75) is 31.2 Å². The molecule has 2 aromatic rings. The Morgan fingerprint density at radius 2 is 1.73 bits per heavy atom. The summed E-state index contributed by atoms with van der Waals surface area (Å²) in [7, 11) is 0. The van der Waals surface area contributed by atoms with E-state index in [0.29, 0.717) is 13.1 Å². The summed E-state index contributed by atoms with van der Waals surface area (Å²) in [6.45, 7) is 4.71. The number of nitrogens with zero attached hydrogens (tertiary/aromatic N) is 1. The molecule has 1 fully saturated rings. The van der Waals surface area contributed by atoms with Crippen molar-refractivity contribution >= 4 is 12.0 Å². The summed E-state index contributed by atoms with van der Waals surface area (Å²) in [4.78, 5) is 36.4. The number of fused-ring (bicyclic) bond motifs is 3. The minimum atomic E-state index is -0.519. The number of carbonyl (C=O) groups excluding carboxylic acids is 2. The second-order valence-electron chi connectivity index (χ2n) is 7.71. The first kappa shape index (κ1) is 20.2. The van der Waals surface area contributed by atoms with Gasteiger partial charge in [0.2, 0.25) is 5.91 Å². The predicted molar refractivity (Wildman–Crippen MR) is 114 cm³/mol. The number of carbonyl (C=O) groups is 2. The van der Waals surface area contributed by atoms with E-state index in [-0.39, 0.29) is 24.5 Å². The van der Waals surface area contributed by atoms with Gasteiger partial charge < -0.3 is 10.2 Å². The summed E-state index contributed by atoms with van der Waals surface area (Å²) in [5.74, 6) is -0.209. The summed E-state index contributed by atoms with van der Waals surface area (Å²) in [5.41, 5.74) is 4.75. The zero-order chi connectivity index (χ0) is 20.9. The van der Waals surface area contributed by atoms with Gasteiger partial charge in [-0.3, -0.25) is 9.68 Å². The SMILES string of the molecule is C=CC(=O)NC1CCCCN(C(=O)OOCC2c3ccccc3-c3ccccc32)C1. The van der Waals surface area contributed by atoms with Gasteiger partial charge in [-0.2, -0.15) is 4.89 Å². The maximum Gasteiger partial charge on any atom is 0.441 e. The van der Waals surface area contributed by atoms with Crippen LogP contribution in [0.3, 0.4) is 0 Å². The van der Waals surface area contributed by atoms with E-state index in [1.807, 2.05) is 24.3 Å². The minimum absolute atomic E-state index is 0.0222. The average molecular weight is 406 g/mol. The standard InChI is InChI=1S/C24H26N2O4/c1-2-23(27)25-17-9-7-8-14-26(15-17)24(28)30-29-16-22-20-12-5-3-10-18(20)19-11-4-6-13-21(19)22/h2-6,10-13,17,22H,1,7-9,14-16H2,(H,25,27). The van der Waals surface area contributed by atoms with Crippen molar-refractivity contribution in [1.29, 1.82) is 0 Å². The molecule has 0 spiro atoms. The van der Waals surface area contributed by atoms with Crippen LogP contribution < -0.4 is 5.32 Å². The summed E-state index contributed by atoms with van der Waals surface area (Å²) < 4.78 is 0. The molecule has 0 radical (unpaired) electrons. The van der Waals surface area contributed by atoms with Crippen LogP contribution in [0.5, 0.6) is 0 Å². The van der Waals surface area contributed by atoms with Crippen molar-refractivity contribution < 1.29 is 19.4 Å². The van der Waals surface area contributed by atoms with E-state index in [4.69, 9.17) is 9.78 Å². The molecule has 1 heterocycles. The lowest BCUT2D eigenvalue weighted by atomic mass is 9.98. The third-order valence-electron chi connectivity index (χ3n) is 5.79. The number of amides is 2. The molecule has 1 aliphatic heterocycles. The third kappa shape index (κ3) is 4.24. The number of rotatable bonds is 5. The summed E-state index contributed by atoms with van der Waals surface area (Å²) in [6, 6.07) is 16.4. The first-order chi connectivity index (χ1) is 14.7. The molecule has 0 saturated carbocycles. The Bertz CT molecular complexity index is 897. The van der Waals surface area contributed by atoms with E-state index in [0.717, 1.165) is 19.3 Å². The molecule has 30 heavy (non-hydrogen) atoms. The maximum absolute atomic E-state index is 12.6. The molecule has 0 aromatic heterocycles. The topological polar surface area (TPSA) is 67.9 Å². The first-order valence-electron chi connectivity index (χ1n) is 10.4. The van der Waals surface area contributed by atoms with Gasteiger partial charge in [-0.25, -0.2) is 4.79 Å². The number of hydrogen-bond donors (Lipinski definition) is 1. The van der Waals surface area contributed by atoms with Gasteiger partial charge in [0.25, 0.3) is 0 Å². The molecule has 2 amide bonds. The molecule has 156 valence electrons. The summed E-state index contributed by atoms with van der Waals surface area (Å²) >= 11 is 0. The summed E-state index contributed by atoms with van der Waals surface area (Å²) in [5, 5.41) is 2.87. The van der Waals surface area contributed by atoms with E-state index in [9.17, 15) is 9.59 Å². The molecule has 1 atom stereocenters. The monoisotopic (exact) mass is 406 g/mol. The highest BCUT2D eigenvalue weighted by Crippen LogP contribution is 2.44. The Morgan fingerprint density at radius 1 is 1.07 bits per heavy atom. The van der Waals surface area contributed by atoms with E-state index in [1.54, 1.807) is 4.90 Å². The van der Waals surface area contributed by atoms with Gasteiger partial charge in [0.15, 0.2) is 0 Å². The average Bonchev–Trinajstić information content (AvgIpc) is 2.91. The molecule has 1 aliphatic carbocycles. The number of benzene rings is 2. The van der Waals surface area contributed by atoms with Crippen molar-refractivity contribution in [3.8, 4) is 11.1 Å². The molecule has 6 heteroatoms. The zero-order valence-electron chi connectivity index (χ0n) is 16.9. The van der Waals surface area contributed by atoms with E-state index < -0.39 is 6.09 Å². The van der Waals surface area contributed by atoms with Crippen LogP contribution in [0, 0.1) is 0 Å². The van der Waals surface area contributed by atoms with Gasteiger partial charge >= 0.3 is 6.09 Å². The zero-order valence-corrected chi connectivity index (χ0v) is 16.9. The number of likely N-dealkylation sites (tertiary alicyclic amines) is 1. The first-order valence-corrected chi connectivity index (χ1v) is 10.4. The van der Waals surface area contributed by atoms with Crippen LogP contribution in [0.1, 0.15) is 36.3 Å². The van der Waals surface area contributed by atoms with E-state index in [2.05, 4.69) is 36.2 Å². The van der Waals surface area contributed by atoms with Crippen LogP contribution in [0.25, 0.3) is 11.1 Å². The largest absolute Gasteiger partial charge is 0.441 e. The normalized spacial score (nSPS) is 18.1. The van der Waals surface area contributed by atoms with Gasteiger partial charge in [0.05, 0.1) is 0 Å². The van der Waals surface area contributed by atoms with Gasteiger partial charge in [-0.05, 0) is 47.6 Å². The lowest BCUT2D eigenvalue weighted by molar-refractivity contribution is -0.247. The van der Waals surface area contributed by atoms with Gasteiger partial charge in [-0.1, -0.05) is 55.1 Å². The molecule has 4 rings (SSSR count). The molecule has 2 aliphatic rings. The molecular weight excluding hydrogens is 380 g/mol. The van der Waals surface area contributed by atoms with E-state index >= 15 is 0 Å². The third-order valence-corrected chi connectivity index (χ3v) is 5.79. The maximum atomic E-state index is 12.6. The highest BCUT2D eigenvalue weighted by atomic mass is 17.2. The van der Waals surface area contributed by atoms with Gasteiger partial charge in [-0.15, -0.1) is 0 Å². The van der Waals surface area contributed by atoms with Crippen molar-refractivity contribution in [3.63, 3.8) is 0 Å². The molecule has 1 N–H and O–H groups in total. The van der Waals surface area contributed by atoms with Crippen molar-refractivity contribution in [1.82, 2.24) is 10.2 Å². The highest BCUT2D eigenvalue weighted by molar-refractivity contribution is 5.87. The lowest BCUT2D eigenvalue weighted by Crippen LogP contribution is -2.44. The quantitative estimate of drug-likeness (QED) is 0.463. The molecular formula is C24H26N2O4. The molecule has 1 saturated heterocycles. The number of nitrogens with one attached hydrogen (secondary N) is 1. The summed E-state index contributed by atoms with van der Waals surface area (Å²) in [6.07, 6.45) is 3.34. The Balaban J connectivity index is 1.36. The van der Waals surface area contributed by atoms with Crippen LogP contribution in [0.15, 0.2) is 61.2 Å².